The van der Waals surface area contributed by atoms with E-state index in [-0.39, 0.29) is 11.9 Å². The van der Waals surface area contributed by atoms with E-state index in [1.54, 1.807) is 34.9 Å². The van der Waals surface area contributed by atoms with Gasteiger partial charge < -0.3 is 10.6 Å². The number of aromatic nitrogens is 4. The third-order valence-electron chi connectivity index (χ3n) is 4.90. The molecule has 7 nitrogen and oxygen atoms in total. The molecule has 0 bridgehead atoms. The predicted molar refractivity (Wildman–Crippen MR) is 120 cm³/mol. The Hall–Kier alpha value is -3.30. The average Bonchev–Trinajstić information content (AvgIpc) is 3.48. The van der Waals surface area contributed by atoms with Gasteiger partial charge in [-0.15, -0.1) is 27.8 Å². The van der Waals surface area contributed by atoms with Crippen LogP contribution in [0.5, 0.6) is 0 Å². The molecule has 1 unspecified atom stereocenters. The topological polar surface area (TPSA) is 84.7 Å². The smallest absolute Gasteiger partial charge is 0.257 e. The van der Waals surface area contributed by atoms with Gasteiger partial charge in [-0.3, -0.25) is 4.79 Å². The van der Waals surface area contributed by atoms with Crippen molar-refractivity contribution in [3.63, 3.8) is 0 Å². The monoisotopic (exact) mass is 434 g/mol. The molecule has 30 heavy (non-hydrogen) atoms. The van der Waals surface area contributed by atoms with Crippen LogP contribution >= 0.6 is 22.7 Å². The SMILES string of the molecule is CC1=C(C(=O)Nc2ccccn2)C(c2sccc2C)n2nc(-c3cccs3)nc2N1. The van der Waals surface area contributed by atoms with E-state index in [1.807, 2.05) is 53.6 Å². The molecule has 0 fully saturated rings. The molecular weight excluding hydrogens is 416 g/mol. The molecule has 0 saturated carbocycles. The van der Waals surface area contributed by atoms with E-state index in [2.05, 4.69) is 26.7 Å². The molecule has 1 aliphatic rings. The zero-order valence-electron chi connectivity index (χ0n) is 16.3. The zero-order chi connectivity index (χ0) is 20.7. The van der Waals surface area contributed by atoms with Crippen LogP contribution in [0.3, 0.4) is 0 Å². The Kier molecular flexibility index (Phi) is 4.68. The van der Waals surface area contributed by atoms with Crippen molar-refractivity contribution in [2.45, 2.75) is 19.9 Å². The lowest BCUT2D eigenvalue weighted by atomic mass is 9.99. The number of anilines is 2. The van der Waals surface area contributed by atoms with Crippen LogP contribution in [0.15, 0.2) is 64.6 Å². The van der Waals surface area contributed by atoms with E-state index >= 15 is 0 Å². The fourth-order valence-electron chi connectivity index (χ4n) is 3.48. The number of hydrogen-bond donors (Lipinski definition) is 2. The minimum absolute atomic E-state index is 0.213. The van der Waals surface area contributed by atoms with Gasteiger partial charge in [0.05, 0.1) is 10.5 Å². The molecule has 0 aromatic carbocycles. The van der Waals surface area contributed by atoms with Crippen LogP contribution in [0.1, 0.15) is 23.4 Å². The summed E-state index contributed by atoms with van der Waals surface area (Å²) in [5.41, 5.74) is 2.46. The molecule has 150 valence electrons. The van der Waals surface area contributed by atoms with Crippen molar-refractivity contribution in [3.8, 4) is 10.7 Å². The highest BCUT2D eigenvalue weighted by Gasteiger charge is 2.36. The van der Waals surface area contributed by atoms with Crippen LogP contribution < -0.4 is 10.6 Å². The van der Waals surface area contributed by atoms with Gasteiger partial charge in [-0.25, -0.2) is 9.67 Å². The number of carbonyl (C=O) groups excluding carboxylic acids is 1. The van der Waals surface area contributed by atoms with Gasteiger partial charge in [0.2, 0.25) is 5.95 Å². The second-order valence-corrected chi connectivity index (χ2v) is 8.78. The average molecular weight is 435 g/mol. The van der Waals surface area contributed by atoms with Gasteiger partial charge in [-0.2, -0.15) is 4.98 Å². The molecule has 2 N–H and O–H groups in total. The molecule has 4 aromatic rings. The highest BCUT2D eigenvalue weighted by molar-refractivity contribution is 7.13. The summed E-state index contributed by atoms with van der Waals surface area (Å²) in [6.07, 6.45) is 1.65. The second-order valence-electron chi connectivity index (χ2n) is 6.88. The van der Waals surface area contributed by atoms with Crippen molar-refractivity contribution in [3.05, 3.63) is 75.1 Å². The number of hydrogen-bond acceptors (Lipinski definition) is 7. The van der Waals surface area contributed by atoms with Gasteiger partial charge in [0.25, 0.3) is 5.91 Å². The molecule has 0 saturated heterocycles. The van der Waals surface area contributed by atoms with Crippen LogP contribution in [0.25, 0.3) is 10.7 Å². The minimum atomic E-state index is -0.369. The summed E-state index contributed by atoms with van der Waals surface area (Å²) in [5.74, 6) is 1.57. The maximum atomic E-state index is 13.3. The van der Waals surface area contributed by atoms with Crippen LogP contribution in [-0.4, -0.2) is 25.7 Å². The fraction of sp³-hybridized carbons (Fsp3) is 0.143. The first-order valence-corrected chi connectivity index (χ1v) is 11.1. The normalized spacial score (nSPS) is 15.6. The second kappa shape index (κ2) is 7.51. The summed E-state index contributed by atoms with van der Waals surface area (Å²) in [4.78, 5) is 24.3. The maximum Gasteiger partial charge on any atom is 0.257 e. The van der Waals surface area contributed by atoms with E-state index < -0.39 is 0 Å². The van der Waals surface area contributed by atoms with Gasteiger partial charge in [0, 0.05) is 16.8 Å². The standard InChI is InChI=1S/C21H18N6OS2/c1-12-8-11-30-18(12)17-16(20(28)24-15-7-3-4-9-22-15)13(2)23-21-25-19(26-27(17)21)14-6-5-10-29-14/h3-11,17H,1-2H3,(H,22,24,28)(H,23,25,26). The molecule has 4 aromatic heterocycles. The lowest BCUT2D eigenvalue weighted by molar-refractivity contribution is -0.113. The third kappa shape index (κ3) is 3.21. The zero-order valence-corrected chi connectivity index (χ0v) is 17.9. The maximum absolute atomic E-state index is 13.3. The summed E-state index contributed by atoms with van der Waals surface area (Å²) < 4.78 is 1.81. The van der Waals surface area contributed by atoms with E-state index in [9.17, 15) is 4.79 Å². The number of fused-ring (bicyclic) bond motifs is 1. The lowest BCUT2D eigenvalue weighted by Gasteiger charge is -2.28. The first kappa shape index (κ1) is 18.7. The Bertz CT molecular complexity index is 1240. The molecule has 1 amide bonds. The number of thiophene rings is 2. The first-order valence-electron chi connectivity index (χ1n) is 9.36. The van der Waals surface area contributed by atoms with E-state index in [4.69, 9.17) is 5.10 Å². The van der Waals surface area contributed by atoms with Gasteiger partial charge in [-0.1, -0.05) is 12.1 Å². The van der Waals surface area contributed by atoms with Gasteiger partial charge in [0.1, 0.15) is 11.9 Å². The highest BCUT2D eigenvalue weighted by Crippen LogP contribution is 2.40. The molecule has 0 spiro atoms. The quantitative estimate of drug-likeness (QED) is 0.486. The van der Waals surface area contributed by atoms with Crippen LogP contribution in [0.2, 0.25) is 0 Å². The van der Waals surface area contributed by atoms with E-state index in [1.165, 1.54) is 0 Å². The predicted octanol–water partition coefficient (Wildman–Crippen LogP) is 4.70. The van der Waals surface area contributed by atoms with Crippen molar-refractivity contribution in [1.29, 1.82) is 0 Å². The number of rotatable bonds is 4. The Labute approximate surface area is 181 Å². The van der Waals surface area contributed by atoms with E-state index in [0.29, 0.717) is 23.2 Å². The summed E-state index contributed by atoms with van der Waals surface area (Å²) in [7, 11) is 0. The van der Waals surface area contributed by atoms with Gasteiger partial charge in [0.15, 0.2) is 5.82 Å². The number of nitrogens with zero attached hydrogens (tertiary/aromatic N) is 4. The minimum Gasteiger partial charge on any atom is -0.328 e. The van der Waals surface area contributed by atoms with Gasteiger partial charge in [-0.05, 0) is 54.4 Å². The van der Waals surface area contributed by atoms with Crippen LogP contribution in [-0.2, 0) is 4.79 Å². The number of pyridine rings is 1. The number of allylic oxidation sites excluding steroid dienone is 1. The number of carbonyl (C=O) groups is 1. The molecule has 5 heterocycles. The molecule has 9 heteroatoms. The highest BCUT2D eigenvalue weighted by atomic mass is 32.1. The molecule has 1 atom stereocenters. The largest absolute Gasteiger partial charge is 0.328 e. The van der Waals surface area contributed by atoms with Crippen LogP contribution in [0, 0.1) is 6.92 Å². The Morgan fingerprint density at radius 3 is 2.73 bits per heavy atom. The summed E-state index contributed by atoms with van der Waals surface area (Å²) in [5, 5.41) is 15.0. The Balaban J connectivity index is 1.61. The Morgan fingerprint density at radius 2 is 2.03 bits per heavy atom. The van der Waals surface area contributed by atoms with Crippen molar-refractivity contribution in [1.82, 2.24) is 19.7 Å². The number of nitrogens with one attached hydrogen (secondary N) is 2. The van der Waals surface area contributed by atoms with Crippen molar-refractivity contribution in [2.75, 3.05) is 10.6 Å². The number of aryl methyl sites for hydroxylation is 1. The lowest BCUT2D eigenvalue weighted by Crippen LogP contribution is -2.31. The molecular formula is C21H18N6OS2. The van der Waals surface area contributed by atoms with Gasteiger partial charge >= 0.3 is 0 Å². The Morgan fingerprint density at radius 1 is 1.13 bits per heavy atom. The molecule has 5 rings (SSSR count). The molecule has 1 aliphatic heterocycles. The van der Waals surface area contributed by atoms with Crippen molar-refractivity contribution < 1.29 is 4.79 Å². The van der Waals surface area contributed by atoms with E-state index in [0.717, 1.165) is 21.0 Å². The molecule has 0 aliphatic carbocycles. The summed E-state index contributed by atoms with van der Waals surface area (Å²) in [6.45, 7) is 3.94. The van der Waals surface area contributed by atoms with Crippen molar-refractivity contribution >= 4 is 40.3 Å². The molecule has 0 radical (unpaired) electrons. The van der Waals surface area contributed by atoms with Crippen LogP contribution in [0.4, 0.5) is 11.8 Å². The first-order chi connectivity index (χ1) is 14.6. The summed E-state index contributed by atoms with van der Waals surface area (Å²) >= 11 is 3.20. The summed E-state index contributed by atoms with van der Waals surface area (Å²) in [6, 6.07) is 11.1. The third-order valence-corrected chi connectivity index (χ3v) is 6.83. The fourth-order valence-corrected chi connectivity index (χ4v) is 5.15. The van der Waals surface area contributed by atoms with Crippen molar-refractivity contribution in [2.24, 2.45) is 0 Å². The number of amides is 1.